The Morgan fingerprint density at radius 2 is 2.22 bits per heavy atom. The van der Waals surface area contributed by atoms with E-state index in [9.17, 15) is 4.79 Å². The van der Waals surface area contributed by atoms with Gasteiger partial charge in [-0.25, -0.2) is 0 Å². The van der Waals surface area contributed by atoms with Crippen molar-refractivity contribution in [3.8, 4) is 0 Å². The van der Waals surface area contributed by atoms with Gasteiger partial charge in [0.1, 0.15) is 11.6 Å². The summed E-state index contributed by atoms with van der Waals surface area (Å²) in [6, 6.07) is 7.19. The van der Waals surface area contributed by atoms with Crippen LogP contribution >= 0.6 is 27.3 Å². The number of benzene rings is 1. The second-order valence-electron chi connectivity index (χ2n) is 3.37. The molecule has 1 aromatic heterocycles. The summed E-state index contributed by atoms with van der Waals surface area (Å²) < 4.78 is 5.68. The number of ether oxygens (including phenoxy) is 1. The van der Waals surface area contributed by atoms with Gasteiger partial charge in [-0.1, -0.05) is 23.5 Å². The number of nitrogens with zero attached hydrogens (tertiary/aromatic N) is 2. The van der Waals surface area contributed by atoms with Crippen LogP contribution in [-0.2, 0) is 11.3 Å². The minimum Gasteiger partial charge on any atom is -0.377 e. The van der Waals surface area contributed by atoms with Crippen LogP contribution in [0.1, 0.15) is 15.4 Å². The number of nitrogens with one attached hydrogen (secondary N) is 1. The molecule has 0 fully saturated rings. The molecular formula is C11H10BrN3O2S. The number of halogens is 1. The van der Waals surface area contributed by atoms with Crippen LogP contribution in [0.4, 0.5) is 5.13 Å². The van der Waals surface area contributed by atoms with Crippen LogP contribution < -0.4 is 5.32 Å². The number of carbonyl (C=O) groups is 1. The Labute approximate surface area is 116 Å². The van der Waals surface area contributed by atoms with Crippen molar-refractivity contribution in [3.63, 3.8) is 0 Å². The number of aromatic nitrogens is 2. The van der Waals surface area contributed by atoms with E-state index >= 15 is 0 Å². The predicted octanol–water partition coefficient (Wildman–Crippen LogP) is 2.70. The van der Waals surface area contributed by atoms with Crippen LogP contribution in [0.25, 0.3) is 0 Å². The fourth-order valence-corrected chi connectivity index (χ4v) is 2.47. The first-order valence-electron chi connectivity index (χ1n) is 5.08. The maximum Gasteiger partial charge on any atom is 0.258 e. The van der Waals surface area contributed by atoms with Gasteiger partial charge in [-0.05, 0) is 28.1 Å². The first-order valence-corrected chi connectivity index (χ1v) is 6.69. The van der Waals surface area contributed by atoms with Crippen molar-refractivity contribution in [2.24, 2.45) is 0 Å². The summed E-state index contributed by atoms with van der Waals surface area (Å²) >= 11 is 4.62. The quantitative estimate of drug-likeness (QED) is 0.937. The Bertz CT molecular complexity index is 559. The number of carbonyl (C=O) groups excluding carboxylic acids is 1. The zero-order valence-electron chi connectivity index (χ0n) is 9.51. The van der Waals surface area contributed by atoms with Crippen molar-refractivity contribution < 1.29 is 9.53 Å². The van der Waals surface area contributed by atoms with E-state index in [-0.39, 0.29) is 5.91 Å². The summed E-state index contributed by atoms with van der Waals surface area (Å²) in [6.07, 6.45) is 0. The molecule has 5 nitrogen and oxygen atoms in total. The van der Waals surface area contributed by atoms with Gasteiger partial charge in [0.25, 0.3) is 5.91 Å². The molecule has 0 saturated heterocycles. The summed E-state index contributed by atoms with van der Waals surface area (Å²) in [5.41, 5.74) is 0.556. The smallest absolute Gasteiger partial charge is 0.258 e. The van der Waals surface area contributed by atoms with Crippen LogP contribution in [0.5, 0.6) is 0 Å². The highest BCUT2D eigenvalue weighted by atomic mass is 79.9. The molecule has 7 heteroatoms. The molecular weight excluding hydrogens is 318 g/mol. The molecule has 0 aliphatic carbocycles. The number of hydrogen-bond acceptors (Lipinski definition) is 5. The lowest BCUT2D eigenvalue weighted by atomic mass is 10.2. The van der Waals surface area contributed by atoms with Crippen LogP contribution in [0, 0.1) is 0 Å². The monoisotopic (exact) mass is 327 g/mol. The number of rotatable bonds is 4. The molecule has 1 aromatic carbocycles. The largest absolute Gasteiger partial charge is 0.377 e. The molecule has 94 valence electrons. The average molecular weight is 328 g/mol. The second kappa shape index (κ2) is 6.03. The molecule has 0 radical (unpaired) electrons. The van der Waals surface area contributed by atoms with Crippen molar-refractivity contribution >= 4 is 38.3 Å². The Hall–Kier alpha value is -1.31. The first kappa shape index (κ1) is 13.1. The van der Waals surface area contributed by atoms with E-state index in [0.717, 1.165) is 9.48 Å². The molecule has 0 saturated carbocycles. The van der Waals surface area contributed by atoms with Gasteiger partial charge in [-0.15, -0.1) is 10.2 Å². The van der Waals surface area contributed by atoms with Crippen LogP contribution in [0.2, 0.25) is 0 Å². The van der Waals surface area contributed by atoms with E-state index in [1.807, 2.05) is 12.1 Å². The van der Waals surface area contributed by atoms with Crippen LogP contribution in [-0.4, -0.2) is 23.2 Å². The number of hydrogen-bond donors (Lipinski definition) is 1. The van der Waals surface area contributed by atoms with E-state index in [4.69, 9.17) is 4.74 Å². The summed E-state index contributed by atoms with van der Waals surface area (Å²) in [6.45, 7) is 0.391. The van der Waals surface area contributed by atoms with Gasteiger partial charge in [0, 0.05) is 11.6 Å². The van der Waals surface area contributed by atoms with Crippen molar-refractivity contribution in [2.45, 2.75) is 6.61 Å². The molecule has 1 heterocycles. The zero-order chi connectivity index (χ0) is 13.0. The third kappa shape index (κ3) is 3.12. The topological polar surface area (TPSA) is 64.1 Å². The summed E-state index contributed by atoms with van der Waals surface area (Å²) in [4.78, 5) is 12.0. The first-order chi connectivity index (χ1) is 8.70. The van der Waals surface area contributed by atoms with Crippen LogP contribution in [0.3, 0.4) is 0 Å². The van der Waals surface area contributed by atoms with Gasteiger partial charge in [0.2, 0.25) is 5.13 Å². The van der Waals surface area contributed by atoms with Gasteiger partial charge in [-0.2, -0.15) is 0 Å². The Morgan fingerprint density at radius 1 is 1.44 bits per heavy atom. The van der Waals surface area contributed by atoms with E-state index in [0.29, 0.717) is 17.3 Å². The summed E-state index contributed by atoms with van der Waals surface area (Å²) in [7, 11) is 1.58. The molecule has 2 rings (SSSR count). The predicted molar refractivity (Wildman–Crippen MR) is 72.7 cm³/mol. The van der Waals surface area contributed by atoms with Gasteiger partial charge in [0.05, 0.1) is 5.56 Å². The van der Waals surface area contributed by atoms with E-state index in [1.165, 1.54) is 11.3 Å². The van der Waals surface area contributed by atoms with Gasteiger partial charge < -0.3 is 4.74 Å². The van der Waals surface area contributed by atoms with Crippen LogP contribution in [0.15, 0.2) is 28.7 Å². The molecule has 1 amide bonds. The van der Waals surface area contributed by atoms with Crippen molar-refractivity contribution in [1.29, 1.82) is 0 Å². The average Bonchev–Trinajstić information content (AvgIpc) is 2.77. The highest BCUT2D eigenvalue weighted by Gasteiger charge is 2.12. The minimum atomic E-state index is -0.220. The third-order valence-corrected chi connectivity index (χ3v) is 3.58. The highest BCUT2D eigenvalue weighted by molar-refractivity contribution is 9.10. The lowest BCUT2D eigenvalue weighted by Gasteiger charge is -2.02. The standard InChI is InChI=1S/C11H10BrN3O2S/c1-17-6-9-14-15-11(18-9)13-10(16)7-4-2-3-5-8(7)12/h2-5H,6H2,1H3,(H,13,15,16). The van der Waals surface area contributed by atoms with E-state index < -0.39 is 0 Å². The van der Waals surface area contributed by atoms with Crippen molar-refractivity contribution in [1.82, 2.24) is 10.2 Å². The highest BCUT2D eigenvalue weighted by Crippen LogP contribution is 2.20. The lowest BCUT2D eigenvalue weighted by Crippen LogP contribution is -2.12. The molecule has 0 bridgehead atoms. The SMILES string of the molecule is COCc1nnc(NC(=O)c2ccccc2Br)s1. The molecule has 0 unspecified atom stereocenters. The fourth-order valence-electron chi connectivity index (χ4n) is 1.30. The normalized spacial score (nSPS) is 10.3. The van der Waals surface area contributed by atoms with E-state index in [2.05, 4.69) is 31.4 Å². The molecule has 2 aromatic rings. The molecule has 0 aliphatic heterocycles. The third-order valence-electron chi connectivity index (χ3n) is 2.07. The van der Waals surface area contributed by atoms with Crippen molar-refractivity contribution in [3.05, 3.63) is 39.3 Å². The lowest BCUT2D eigenvalue weighted by molar-refractivity contribution is 0.102. The summed E-state index contributed by atoms with van der Waals surface area (Å²) in [5.74, 6) is -0.220. The maximum absolute atomic E-state index is 12.0. The fraction of sp³-hybridized carbons (Fsp3) is 0.182. The Morgan fingerprint density at radius 3 is 2.94 bits per heavy atom. The second-order valence-corrected chi connectivity index (χ2v) is 5.28. The number of anilines is 1. The number of amides is 1. The molecule has 0 atom stereocenters. The minimum absolute atomic E-state index is 0.220. The number of methoxy groups -OCH3 is 1. The van der Waals surface area contributed by atoms with Gasteiger partial charge in [0.15, 0.2) is 0 Å². The molecule has 0 aliphatic rings. The van der Waals surface area contributed by atoms with Gasteiger partial charge in [-0.3, -0.25) is 10.1 Å². The Kier molecular flexibility index (Phi) is 4.40. The maximum atomic E-state index is 12.0. The molecule has 1 N–H and O–H groups in total. The summed E-state index contributed by atoms with van der Waals surface area (Å²) in [5, 5.41) is 11.6. The van der Waals surface area contributed by atoms with Crippen molar-refractivity contribution in [2.75, 3.05) is 12.4 Å². The molecule has 0 spiro atoms. The molecule has 18 heavy (non-hydrogen) atoms. The van der Waals surface area contributed by atoms with Gasteiger partial charge >= 0.3 is 0 Å². The Balaban J connectivity index is 2.09. The zero-order valence-corrected chi connectivity index (χ0v) is 11.9. The van der Waals surface area contributed by atoms with E-state index in [1.54, 1.807) is 19.2 Å².